The Morgan fingerprint density at radius 2 is 2.00 bits per heavy atom. The van der Waals surface area contributed by atoms with Gasteiger partial charge >= 0.3 is 5.69 Å². The average Bonchev–Trinajstić information content (AvgIpc) is 2.97. The molecule has 7 nitrogen and oxygen atoms in total. The van der Waals surface area contributed by atoms with Crippen LogP contribution in [0.25, 0.3) is 11.3 Å². The van der Waals surface area contributed by atoms with E-state index in [0.717, 1.165) is 7.11 Å². The predicted octanol–water partition coefficient (Wildman–Crippen LogP) is 2.28. The molecule has 1 aromatic carbocycles. The number of nitro benzene ring substituents is 1. The minimum Gasteiger partial charge on any atom is -0.490 e. The molecule has 0 atom stereocenters. The van der Waals surface area contributed by atoms with E-state index in [1.165, 1.54) is 25.3 Å². The maximum Gasteiger partial charge on any atom is 0.311 e. The second kappa shape index (κ2) is 7.05. The quantitative estimate of drug-likeness (QED) is 0.523. The number of aliphatic hydroxyl groups is 1. The molecule has 106 valence electrons. The lowest BCUT2D eigenvalue weighted by Gasteiger charge is -2.06. The van der Waals surface area contributed by atoms with E-state index < -0.39 is 4.92 Å². The summed E-state index contributed by atoms with van der Waals surface area (Å²) in [6.07, 6.45) is 0.563. The Morgan fingerprint density at radius 1 is 1.30 bits per heavy atom. The Kier molecular flexibility index (Phi) is 5.42. The number of aliphatic hydroxyl groups excluding tert-OH is 1. The fourth-order valence-corrected chi connectivity index (χ4v) is 1.64. The minimum atomic E-state index is -0.536. The zero-order valence-corrected chi connectivity index (χ0v) is 10.9. The number of rotatable bonds is 4. The van der Waals surface area contributed by atoms with E-state index in [1.54, 1.807) is 12.1 Å². The third-order valence-corrected chi connectivity index (χ3v) is 2.40. The van der Waals surface area contributed by atoms with Gasteiger partial charge in [-0.05, 0) is 18.2 Å². The fourth-order valence-electron chi connectivity index (χ4n) is 1.64. The van der Waals surface area contributed by atoms with E-state index in [2.05, 4.69) is 0 Å². The summed E-state index contributed by atoms with van der Waals surface area (Å²) in [6.45, 7) is 0. The van der Waals surface area contributed by atoms with Crippen LogP contribution in [0.5, 0.6) is 5.75 Å². The molecule has 0 aliphatic heterocycles. The number of hydrogen-bond donors (Lipinski definition) is 1. The zero-order chi connectivity index (χ0) is 15.1. The molecule has 0 bridgehead atoms. The summed E-state index contributed by atoms with van der Waals surface area (Å²) in [5.74, 6) is 0.602. The van der Waals surface area contributed by atoms with Crippen molar-refractivity contribution in [1.82, 2.24) is 0 Å². The fraction of sp³-hybridized carbons (Fsp3) is 0.154. The molecule has 2 aromatic rings. The molecule has 2 rings (SSSR count). The molecule has 0 saturated carbocycles. The van der Waals surface area contributed by atoms with Crippen molar-refractivity contribution < 1.29 is 24.0 Å². The molecule has 0 aliphatic carbocycles. The van der Waals surface area contributed by atoms with E-state index in [-0.39, 0.29) is 17.2 Å². The second-order valence-electron chi connectivity index (χ2n) is 3.43. The predicted molar refractivity (Wildman–Crippen MR) is 70.9 cm³/mol. The first-order valence-corrected chi connectivity index (χ1v) is 5.49. The number of carbonyl (C=O) groups is 1. The monoisotopic (exact) mass is 279 g/mol. The number of carbonyl (C=O) groups excluding carboxylic acids is 1. The van der Waals surface area contributed by atoms with Gasteiger partial charge in [-0.2, -0.15) is 0 Å². The van der Waals surface area contributed by atoms with Crippen LogP contribution in [0.4, 0.5) is 5.69 Å². The Balaban J connectivity index is 0.000000956. The van der Waals surface area contributed by atoms with Crippen LogP contribution in [0.15, 0.2) is 34.7 Å². The number of methoxy groups -OCH3 is 1. The summed E-state index contributed by atoms with van der Waals surface area (Å²) in [5.41, 5.74) is 0.277. The maximum absolute atomic E-state index is 10.9. The average molecular weight is 279 g/mol. The molecule has 0 amide bonds. The smallest absolute Gasteiger partial charge is 0.311 e. The summed E-state index contributed by atoms with van der Waals surface area (Å²) in [7, 11) is 2.34. The second-order valence-corrected chi connectivity index (χ2v) is 3.43. The van der Waals surface area contributed by atoms with Gasteiger partial charge in [0.05, 0.1) is 17.6 Å². The van der Waals surface area contributed by atoms with Crippen molar-refractivity contribution in [1.29, 1.82) is 0 Å². The van der Waals surface area contributed by atoms with Crippen molar-refractivity contribution in [3.63, 3.8) is 0 Å². The Hall–Kier alpha value is -2.67. The summed E-state index contributed by atoms with van der Waals surface area (Å²) < 4.78 is 10.3. The molecule has 0 unspecified atom stereocenters. The van der Waals surface area contributed by atoms with Crippen molar-refractivity contribution in [2.75, 3.05) is 14.2 Å². The zero-order valence-electron chi connectivity index (χ0n) is 10.9. The number of hydrogen-bond acceptors (Lipinski definition) is 6. The number of ether oxygens (including phenoxy) is 1. The third-order valence-electron chi connectivity index (χ3n) is 2.40. The number of nitrogens with zero attached hydrogens (tertiary/aromatic N) is 1. The van der Waals surface area contributed by atoms with Gasteiger partial charge in [0.25, 0.3) is 0 Å². The van der Waals surface area contributed by atoms with Crippen molar-refractivity contribution in [3.8, 4) is 17.1 Å². The molecule has 0 spiro atoms. The number of aldehydes is 1. The Labute approximate surface area is 114 Å². The van der Waals surface area contributed by atoms with Gasteiger partial charge in [-0.25, -0.2) is 0 Å². The largest absolute Gasteiger partial charge is 0.490 e. The standard InChI is InChI=1S/C12H9NO5.CH4O/c1-17-12-9(3-2-4-10(12)13(15)16)11-6-5-8(7-14)18-11;1-2/h2-7H,1H3;2H,1H3. The van der Waals surface area contributed by atoms with Crippen LogP contribution in [-0.4, -0.2) is 30.5 Å². The van der Waals surface area contributed by atoms with Crippen LogP contribution in [0.1, 0.15) is 10.6 Å². The number of furan rings is 1. The van der Waals surface area contributed by atoms with Gasteiger partial charge in [-0.1, -0.05) is 6.07 Å². The minimum absolute atomic E-state index is 0.106. The van der Waals surface area contributed by atoms with Gasteiger partial charge in [0.2, 0.25) is 5.75 Å². The molecular formula is C13H13NO6. The first-order valence-electron chi connectivity index (χ1n) is 5.49. The van der Waals surface area contributed by atoms with Crippen LogP contribution < -0.4 is 4.74 Å². The maximum atomic E-state index is 10.9. The highest BCUT2D eigenvalue weighted by molar-refractivity contribution is 5.76. The first kappa shape index (κ1) is 15.4. The summed E-state index contributed by atoms with van der Waals surface area (Å²) >= 11 is 0. The SMILES string of the molecule is CO.COc1c(-c2ccc(C=O)o2)cccc1[N+](=O)[O-]. The third kappa shape index (κ3) is 3.01. The number of nitro groups is 1. The van der Waals surface area contributed by atoms with Crippen LogP contribution in [0.2, 0.25) is 0 Å². The van der Waals surface area contributed by atoms with E-state index in [1.807, 2.05) is 0 Å². The summed E-state index contributed by atoms with van der Waals surface area (Å²) in [6, 6.07) is 7.54. The van der Waals surface area contributed by atoms with Crippen molar-refractivity contribution in [2.45, 2.75) is 0 Å². The van der Waals surface area contributed by atoms with Gasteiger partial charge in [0, 0.05) is 13.2 Å². The van der Waals surface area contributed by atoms with Crippen molar-refractivity contribution >= 4 is 12.0 Å². The molecule has 0 saturated heterocycles. The lowest BCUT2D eigenvalue weighted by atomic mass is 10.1. The number of benzene rings is 1. The first-order chi connectivity index (χ1) is 9.67. The highest BCUT2D eigenvalue weighted by Crippen LogP contribution is 2.37. The van der Waals surface area contributed by atoms with E-state index in [0.29, 0.717) is 17.6 Å². The van der Waals surface area contributed by atoms with Crippen LogP contribution in [-0.2, 0) is 0 Å². The van der Waals surface area contributed by atoms with Gasteiger partial charge in [-0.15, -0.1) is 0 Å². The Bertz CT molecular complexity index is 605. The Morgan fingerprint density at radius 3 is 2.50 bits per heavy atom. The molecule has 20 heavy (non-hydrogen) atoms. The molecule has 7 heteroatoms. The van der Waals surface area contributed by atoms with Gasteiger partial charge in [0.1, 0.15) is 5.76 Å². The van der Waals surface area contributed by atoms with Crippen LogP contribution >= 0.6 is 0 Å². The van der Waals surface area contributed by atoms with Gasteiger partial charge in [-0.3, -0.25) is 14.9 Å². The molecular weight excluding hydrogens is 266 g/mol. The lowest BCUT2D eigenvalue weighted by molar-refractivity contribution is -0.385. The van der Waals surface area contributed by atoms with Crippen molar-refractivity contribution in [3.05, 3.63) is 46.2 Å². The molecule has 1 aromatic heterocycles. The van der Waals surface area contributed by atoms with Crippen LogP contribution in [0.3, 0.4) is 0 Å². The highest BCUT2D eigenvalue weighted by atomic mass is 16.6. The normalized spacial score (nSPS) is 9.35. The van der Waals surface area contributed by atoms with Crippen LogP contribution in [0, 0.1) is 10.1 Å². The van der Waals surface area contributed by atoms with Gasteiger partial charge in [0.15, 0.2) is 12.0 Å². The highest BCUT2D eigenvalue weighted by Gasteiger charge is 2.20. The van der Waals surface area contributed by atoms with Crippen molar-refractivity contribution in [2.24, 2.45) is 0 Å². The molecule has 0 aliphatic rings. The van der Waals surface area contributed by atoms with E-state index in [9.17, 15) is 14.9 Å². The molecule has 0 radical (unpaired) electrons. The molecule has 0 fully saturated rings. The van der Waals surface area contributed by atoms with Gasteiger partial charge < -0.3 is 14.3 Å². The van der Waals surface area contributed by atoms with E-state index in [4.69, 9.17) is 14.3 Å². The topological polar surface area (TPSA) is 103 Å². The molecule has 1 N–H and O–H groups in total. The summed E-state index contributed by atoms with van der Waals surface area (Å²) in [5, 5.41) is 17.9. The van der Waals surface area contributed by atoms with E-state index >= 15 is 0 Å². The summed E-state index contributed by atoms with van der Waals surface area (Å²) in [4.78, 5) is 20.9. The number of para-hydroxylation sites is 1. The lowest BCUT2D eigenvalue weighted by Crippen LogP contribution is -1.95. The molecule has 1 heterocycles.